The molecular formula is C22H22N4O4. The predicted molar refractivity (Wildman–Crippen MR) is 114 cm³/mol. The van der Waals surface area contributed by atoms with Gasteiger partial charge in [0.05, 0.1) is 41.5 Å². The highest BCUT2D eigenvalue weighted by atomic mass is 16.5. The second-order valence-corrected chi connectivity index (χ2v) is 7.19. The van der Waals surface area contributed by atoms with E-state index in [9.17, 15) is 14.4 Å². The highest BCUT2D eigenvalue weighted by molar-refractivity contribution is 6.00. The molecule has 1 fully saturated rings. The van der Waals surface area contributed by atoms with E-state index in [0.29, 0.717) is 27.7 Å². The largest absolute Gasteiger partial charge is 0.465 e. The van der Waals surface area contributed by atoms with Crippen molar-refractivity contribution in [2.45, 2.75) is 19.3 Å². The molecule has 0 spiro atoms. The zero-order chi connectivity index (χ0) is 21.1. The van der Waals surface area contributed by atoms with Crippen molar-refractivity contribution in [2.75, 3.05) is 30.4 Å². The van der Waals surface area contributed by atoms with E-state index in [-0.39, 0.29) is 17.9 Å². The molecule has 0 unspecified atom stereocenters. The normalized spacial score (nSPS) is 13.4. The molecule has 2 heterocycles. The van der Waals surface area contributed by atoms with Gasteiger partial charge in [0.25, 0.3) is 5.56 Å². The molecule has 0 aliphatic carbocycles. The van der Waals surface area contributed by atoms with Crippen molar-refractivity contribution < 1.29 is 14.3 Å². The van der Waals surface area contributed by atoms with Crippen LogP contribution in [0.3, 0.4) is 0 Å². The minimum absolute atomic E-state index is 0.0147. The molecule has 154 valence electrons. The maximum Gasteiger partial charge on any atom is 0.337 e. The maximum absolute atomic E-state index is 12.9. The van der Waals surface area contributed by atoms with Crippen LogP contribution in [0.1, 0.15) is 28.9 Å². The first-order chi connectivity index (χ1) is 14.6. The van der Waals surface area contributed by atoms with Crippen molar-refractivity contribution in [3.05, 3.63) is 64.1 Å². The Labute approximate surface area is 172 Å². The zero-order valence-electron chi connectivity index (χ0n) is 16.6. The lowest BCUT2D eigenvalue weighted by molar-refractivity contribution is -0.115. The highest BCUT2D eigenvalue weighted by Gasteiger charge is 2.20. The quantitative estimate of drug-likeness (QED) is 0.631. The molecule has 8 heteroatoms. The summed E-state index contributed by atoms with van der Waals surface area (Å²) in [5, 5.41) is 10.5. The summed E-state index contributed by atoms with van der Waals surface area (Å²) in [6.45, 7) is 1.79. The number of aromatic amines is 1. The number of H-pyrrole nitrogens is 1. The number of fused-ring (bicyclic) bond motifs is 1. The van der Waals surface area contributed by atoms with Gasteiger partial charge in [-0.2, -0.15) is 5.10 Å². The number of anilines is 2. The number of nitrogens with one attached hydrogen (secondary N) is 2. The van der Waals surface area contributed by atoms with Gasteiger partial charge in [-0.1, -0.05) is 18.2 Å². The van der Waals surface area contributed by atoms with E-state index >= 15 is 0 Å². The Kier molecular flexibility index (Phi) is 5.47. The van der Waals surface area contributed by atoms with Gasteiger partial charge in [-0.15, -0.1) is 0 Å². The van der Waals surface area contributed by atoms with Crippen LogP contribution in [0.2, 0.25) is 0 Å². The summed E-state index contributed by atoms with van der Waals surface area (Å²) in [6.07, 6.45) is 2.15. The number of aromatic nitrogens is 2. The fourth-order valence-corrected chi connectivity index (χ4v) is 3.77. The van der Waals surface area contributed by atoms with Gasteiger partial charge in [0.2, 0.25) is 5.91 Å². The summed E-state index contributed by atoms with van der Waals surface area (Å²) >= 11 is 0. The fourth-order valence-electron chi connectivity index (χ4n) is 3.77. The predicted octanol–water partition coefficient (Wildman–Crippen LogP) is 2.49. The number of carbonyl (C=O) groups is 2. The lowest BCUT2D eigenvalue weighted by Gasteiger charge is -2.22. The molecular weight excluding hydrogens is 384 g/mol. The number of esters is 1. The van der Waals surface area contributed by atoms with Crippen LogP contribution in [0.25, 0.3) is 10.8 Å². The van der Waals surface area contributed by atoms with Crippen LogP contribution in [0.4, 0.5) is 11.4 Å². The van der Waals surface area contributed by atoms with Gasteiger partial charge in [-0.25, -0.2) is 9.89 Å². The zero-order valence-corrected chi connectivity index (χ0v) is 16.6. The topological polar surface area (TPSA) is 104 Å². The van der Waals surface area contributed by atoms with Crippen LogP contribution < -0.4 is 15.8 Å². The molecule has 0 radical (unpaired) electrons. The smallest absolute Gasteiger partial charge is 0.337 e. The molecule has 2 N–H and O–H groups in total. The molecule has 3 aromatic rings. The first-order valence-corrected chi connectivity index (χ1v) is 9.80. The highest BCUT2D eigenvalue weighted by Crippen LogP contribution is 2.30. The van der Waals surface area contributed by atoms with E-state index in [1.165, 1.54) is 7.11 Å². The summed E-state index contributed by atoms with van der Waals surface area (Å²) in [5.41, 5.74) is 1.97. The fraction of sp³-hybridized carbons (Fsp3) is 0.273. The SMILES string of the molecule is COC(=O)c1ccc(N2CCCC2)c(NC(=O)Cc2n[nH]c(=O)c3ccccc23)c1. The number of rotatable bonds is 5. The van der Waals surface area contributed by atoms with Gasteiger partial charge in [0.15, 0.2) is 0 Å². The van der Waals surface area contributed by atoms with Crippen molar-refractivity contribution in [1.29, 1.82) is 0 Å². The van der Waals surface area contributed by atoms with Gasteiger partial charge in [0, 0.05) is 18.5 Å². The third-order valence-corrected chi connectivity index (χ3v) is 5.24. The molecule has 1 aliphatic rings. The van der Waals surface area contributed by atoms with E-state index in [4.69, 9.17) is 4.74 Å². The molecule has 2 aromatic carbocycles. The number of carbonyl (C=O) groups excluding carboxylic acids is 2. The summed E-state index contributed by atoms with van der Waals surface area (Å²) in [6, 6.07) is 12.2. The first kappa shape index (κ1) is 19.6. The lowest BCUT2D eigenvalue weighted by atomic mass is 10.1. The number of methoxy groups -OCH3 is 1. The van der Waals surface area contributed by atoms with Gasteiger partial charge in [-0.05, 0) is 37.1 Å². The third kappa shape index (κ3) is 3.89. The number of hydrogen-bond donors (Lipinski definition) is 2. The Morgan fingerprint density at radius 2 is 1.87 bits per heavy atom. The van der Waals surface area contributed by atoms with E-state index in [0.717, 1.165) is 31.6 Å². The number of ether oxygens (including phenoxy) is 1. The van der Waals surface area contributed by atoms with Crippen LogP contribution in [0.15, 0.2) is 47.3 Å². The van der Waals surface area contributed by atoms with E-state index in [2.05, 4.69) is 20.4 Å². The van der Waals surface area contributed by atoms with Crippen molar-refractivity contribution in [1.82, 2.24) is 10.2 Å². The molecule has 30 heavy (non-hydrogen) atoms. The third-order valence-electron chi connectivity index (χ3n) is 5.24. The molecule has 0 bridgehead atoms. The Hall–Kier alpha value is -3.68. The van der Waals surface area contributed by atoms with Crippen molar-refractivity contribution in [2.24, 2.45) is 0 Å². The Balaban J connectivity index is 1.63. The van der Waals surface area contributed by atoms with Crippen LogP contribution in [0.5, 0.6) is 0 Å². The van der Waals surface area contributed by atoms with Crippen molar-refractivity contribution in [3.63, 3.8) is 0 Å². The van der Waals surface area contributed by atoms with Crippen LogP contribution in [0, 0.1) is 0 Å². The standard InChI is InChI=1S/C22H22N4O4/c1-30-22(29)14-8-9-19(26-10-4-5-11-26)18(12-14)23-20(27)13-17-15-6-2-3-7-16(15)21(28)25-24-17/h2-3,6-9,12H,4-5,10-11,13H2,1H3,(H,23,27)(H,25,28). The Morgan fingerprint density at radius 3 is 2.60 bits per heavy atom. The van der Waals surface area contributed by atoms with E-state index in [1.54, 1.807) is 36.4 Å². The molecule has 1 saturated heterocycles. The molecule has 0 atom stereocenters. The second kappa shape index (κ2) is 8.36. The number of hydrogen-bond acceptors (Lipinski definition) is 6. The number of nitrogens with zero attached hydrogens (tertiary/aromatic N) is 2. The van der Waals surface area contributed by atoms with Gasteiger partial charge < -0.3 is 15.0 Å². The van der Waals surface area contributed by atoms with Gasteiger partial charge >= 0.3 is 5.97 Å². The van der Waals surface area contributed by atoms with Crippen LogP contribution in [-0.2, 0) is 16.0 Å². The Bertz CT molecular complexity index is 1170. The van der Waals surface area contributed by atoms with Gasteiger partial charge in [-0.3, -0.25) is 9.59 Å². The molecule has 1 aromatic heterocycles. The van der Waals surface area contributed by atoms with E-state index in [1.807, 2.05) is 6.07 Å². The van der Waals surface area contributed by atoms with Crippen molar-refractivity contribution >= 4 is 34.0 Å². The minimum Gasteiger partial charge on any atom is -0.465 e. The van der Waals surface area contributed by atoms with Crippen LogP contribution in [-0.4, -0.2) is 42.3 Å². The molecule has 0 saturated carbocycles. The summed E-state index contributed by atoms with van der Waals surface area (Å²) in [7, 11) is 1.32. The maximum atomic E-state index is 12.9. The van der Waals surface area contributed by atoms with Gasteiger partial charge in [0.1, 0.15) is 0 Å². The van der Waals surface area contributed by atoms with Crippen molar-refractivity contribution in [3.8, 4) is 0 Å². The van der Waals surface area contributed by atoms with E-state index < -0.39 is 5.97 Å². The summed E-state index contributed by atoms with van der Waals surface area (Å²) in [4.78, 5) is 39.0. The average molecular weight is 406 g/mol. The molecule has 8 nitrogen and oxygen atoms in total. The number of benzene rings is 2. The monoisotopic (exact) mass is 406 g/mol. The molecule has 4 rings (SSSR count). The summed E-state index contributed by atoms with van der Waals surface area (Å²) in [5.74, 6) is -0.756. The Morgan fingerprint density at radius 1 is 1.13 bits per heavy atom. The number of amides is 1. The second-order valence-electron chi connectivity index (χ2n) is 7.19. The minimum atomic E-state index is -0.466. The molecule has 1 aliphatic heterocycles. The first-order valence-electron chi connectivity index (χ1n) is 9.80. The summed E-state index contributed by atoms with van der Waals surface area (Å²) < 4.78 is 4.81. The average Bonchev–Trinajstić information content (AvgIpc) is 3.30. The molecule has 1 amide bonds. The van der Waals surface area contributed by atoms with Crippen LogP contribution >= 0.6 is 0 Å². The lowest BCUT2D eigenvalue weighted by Crippen LogP contribution is -2.23.